The number of nitrogens with one attached hydrogen (secondary N) is 1. The smallest absolute Gasteiger partial charge is 0.124 e. The Labute approximate surface area is 125 Å². The van der Waals surface area contributed by atoms with Gasteiger partial charge in [0.1, 0.15) is 11.5 Å². The van der Waals surface area contributed by atoms with E-state index in [1.54, 1.807) is 32.4 Å². The molecule has 3 atom stereocenters. The molecule has 2 rings (SSSR count). The molecular formula is C16H25NO4. The molecule has 3 N–H and O–H groups in total. The van der Waals surface area contributed by atoms with Crippen molar-refractivity contribution < 1.29 is 19.7 Å². The Kier molecular flexibility index (Phi) is 4.76. The van der Waals surface area contributed by atoms with Gasteiger partial charge in [-0.2, -0.15) is 0 Å². The van der Waals surface area contributed by atoms with Gasteiger partial charge in [-0.25, -0.2) is 0 Å². The third-order valence-electron chi connectivity index (χ3n) is 4.57. The molecule has 0 radical (unpaired) electrons. The van der Waals surface area contributed by atoms with E-state index in [0.29, 0.717) is 23.6 Å². The Morgan fingerprint density at radius 2 is 2.05 bits per heavy atom. The molecule has 1 aromatic carbocycles. The van der Waals surface area contributed by atoms with Crippen LogP contribution in [0.1, 0.15) is 31.9 Å². The molecule has 0 amide bonds. The SMILES string of the molecule is COc1ccc(OC)c(C(O)CNC2CC(O)C2(C)C)c1. The first kappa shape index (κ1) is 16.1. The van der Waals surface area contributed by atoms with Gasteiger partial charge in [0, 0.05) is 23.6 Å². The van der Waals surface area contributed by atoms with Crippen molar-refractivity contribution in [3.05, 3.63) is 23.8 Å². The molecule has 3 unspecified atom stereocenters. The third kappa shape index (κ3) is 3.15. The lowest BCUT2D eigenvalue weighted by atomic mass is 9.64. The molecule has 1 aromatic rings. The Morgan fingerprint density at radius 1 is 1.33 bits per heavy atom. The third-order valence-corrected chi connectivity index (χ3v) is 4.57. The number of benzene rings is 1. The maximum atomic E-state index is 10.4. The van der Waals surface area contributed by atoms with Crippen LogP contribution in [0.3, 0.4) is 0 Å². The van der Waals surface area contributed by atoms with Gasteiger partial charge >= 0.3 is 0 Å². The Hall–Kier alpha value is -1.30. The van der Waals surface area contributed by atoms with Gasteiger partial charge in [-0.1, -0.05) is 13.8 Å². The zero-order valence-electron chi connectivity index (χ0n) is 13.1. The van der Waals surface area contributed by atoms with Gasteiger partial charge in [0.25, 0.3) is 0 Å². The molecule has 1 saturated carbocycles. The van der Waals surface area contributed by atoms with Crippen LogP contribution in [0.25, 0.3) is 0 Å². The minimum absolute atomic E-state index is 0.155. The molecule has 1 fully saturated rings. The van der Waals surface area contributed by atoms with Crippen molar-refractivity contribution >= 4 is 0 Å². The molecule has 5 nitrogen and oxygen atoms in total. The number of aliphatic hydroxyl groups is 2. The van der Waals surface area contributed by atoms with Crippen LogP contribution in [-0.4, -0.2) is 43.1 Å². The predicted octanol–water partition coefficient (Wildman–Crippen LogP) is 1.49. The Bertz CT molecular complexity index is 489. The van der Waals surface area contributed by atoms with Crippen molar-refractivity contribution in [2.45, 2.75) is 38.5 Å². The van der Waals surface area contributed by atoms with E-state index in [4.69, 9.17) is 9.47 Å². The molecule has 21 heavy (non-hydrogen) atoms. The zero-order valence-corrected chi connectivity index (χ0v) is 13.1. The van der Waals surface area contributed by atoms with Gasteiger partial charge in [-0.3, -0.25) is 0 Å². The van der Waals surface area contributed by atoms with E-state index in [0.717, 1.165) is 6.42 Å². The summed E-state index contributed by atoms with van der Waals surface area (Å²) in [6.07, 6.45) is -0.253. The second-order valence-electron chi connectivity index (χ2n) is 6.16. The van der Waals surface area contributed by atoms with Crippen molar-refractivity contribution in [1.82, 2.24) is 5.32 Å². The minimum atomic E-state index is -0.691. The van der Waals surface area contributed by atoms with Gasteiger partial charge in [0.15, 0.2) is 0 Å². The van der Waals surface area contributed by atoms with Gasteiger partial charge in [-0.15, -0.1) is 0 Å². The summed E-state index contributed by atoms with van der Waals surface area (Å²) in [4.78, 5) is 0. The highest BCUT2D eigenvalue weighted by atomic mass is 16.5. The highest BCUT2D eigenvalue weighted by Gasteiger charge is 2.46. The van der Waals surface area contributed by atoms with E-state index in [1.807, 2.05) is 13.8 Å². The number of ether oxygens (including phenoxy) is 2. The molecular weight excluding hydrogens is 270 g/mol. The van der Waals surface area contributed by atoms with Crippen LogP contribution >= 0.6 is 0 Å². The molecule has 0 saturated heterocycles. The molecule has 1 aliphatic rings. The summed E-state index contributed by atoms with van der Waals surface area (Å²) in [6, 6.07) is 5.58. The topological polar surface area (TPSA) is 71.0 Å². The van der Waals surface area contributed by atoms with Crippen LogP contribution in [-0.2, 0) is 0 Å². The van der Waals surface area contributed by atoms with E-state index in [2.05, 4.69) is 5.32 Å². The highest BCUT2D eigenvalue weighted by molar-refractivity contribution is 5.41. The molecule has 0 aliphatic heterocycles. The standard InChI is InChI=1S/C16H25NO4/c1-16(2)14(8-15(16)19)17-9-12(18)11-7-10(20-3)5-6-13(11)21-4/h5-7,12,14-15,17-19H,8-9H2,1-4H3. The van der Waals surface area contributed by atoms with Crippen LogP contribution in [0.2, 0.25) is 0 Å². The Balaban J connectivity index is 2.02. The second kappa shape index (κ2) is 6.22. The largest absolute Gasteiger partial charge is 0.497 e. The number of aliphatic hydroxyl groups excluding tert-OH is 2. The van der Waals surface area contributed by atoms with E-state index in [-0.39, 0.29) is 17.6 Å². The maximum Gasteiger partial charge on any atom is 0.124 e. The average molecular weight is 295 g/mol. The normalized spacial score (nSPS) is 25.0. The number of hydrogen-bond acceptors (Lipinski definition) is 5. The lowest BCUT2D eigenvalue weighted by molar-refractivity contribution is -0.0749. The van der Waals surface area contributed by atoms with Crippen LogP contribution in [0.15, 0.2) is 18.2 Å². The molecule has 118 valence electrons. The fourth-order valence-electron chi connectivity index (χ4n) is 2.71. The van der Waals surface area contributed by atoms with Crippen molar-refractivity contribution in [1.29, 1.82) is 0 Å². The van der Waals surface area contributed by atoms with E-state index in [1.165, 1.54) is 0 Å². The van der Waals surface area contributed by atoms with E-state index >= 15 is 0 Å². The number of rotatable bonds is 6. The molecule has 0 aromatic heterocycles. The summed E-state index contributed by atoms with van der Waals surface area (Å²) in [6.45, 7) is 4.46. The molecule has 1 aliphatic carbocycles. The molecule has 5 heteroatoms. The summed E-state index contributed by atoms with van der Waals surface area (Å²) in [5.41, 5.74) is 0.542. The summed E-state index contributed by atoms with van der Waals surface area (Å²) in [5, 5.41) is 23.5. The van der Waals surface area contributed by atoms with Crippen LogP contribution < -0.4 is 14.8 Å². The maximum absolute atomic E-state index is 10.4. The van der Waals surface area contributed by atoms with E-state index < -0.39 is 6.10 Å². The van der Waals surface area contributed by atoms with Crippen molar-refractivity contribution in [3.8, 4) is 11.5 Å². The lowest BCUT2D eigenvalue weighted by Crippen LogP contribution is -2.60. The summed E-state index contributed by atoms with van der Waals surface area (Å²) in [5.74, 6) is 1.32. The zero-order chi connectivity index (χ0) is 15.6. The number of hydrogen-bond donors (Lipinski definition) is 3. The average Bonchev–Trinajstić information content (AvgIpc) is 2.50. The molecule has 0 spiro atoms. The lowest BCUT2D eigenvalue weighted by Gasteiger charge is -2.50. The van der Waals surface area contributed by atoms with Gasteiger partial charge in [-0.05, 0) is 24.6 Å². The fourth-order valence-corrected chi connectivity index (χ4v) is 2.71. The van der Waals surface area contributed by atoms with Crippen molar-refractivity contribution in [2.75, 3.05) is 20.8 Å². The monoisotopic (exact) mass is 295 g/mol. The first-order chi connectivity index (χ1) is 9.90. The van der Waals surface area contributed by atoms with E-state index in [9.17, 15) is 10.2 Å². The first-order valence-corrected chi connectivity index (χ1v) is 7.21. The Morgan fingerprint density at radius 3 is 2.57 bits per heavy atom. The highest BCUT2D eigenvalue weighted by Crippen LogP contribution is 2.40. The minimum Gasteiger partial charge on any atom is -0.497 e. The fraction of sp³-hybridized carbons (Fsp3) is 0.625. The molecule has 0 bridgehead atoms. The van der Waals surface area contributed by atoms with Crippen molar-refractivity contribution in [3.63, 3.8) is 0 Å². The van der Waals surface area contributed by atoms with Crippen molar-refractivity contribution in [2.24, 2.45) is 5.41 Å². The summed E-state index contributed by atoms with van der Waals surface area (Å²) >= 11 is 0. The van der Waals surface area contributed by atoms with Crippen LogP contribution in [0, 0.1) is 5.41 Å². The summed E-state index contributed by atoms with van der Waals surface area (Å²) < 4.78 is 10.5. The predicted molar refractivity (Wildman–Crippen MR) is 80.7 cm³/mol. The van der Waals surface area contributed by atoms with Gasteiger partial charge < -0.3 is 25.0 Å². The van der Waals surface area contributed by atoms with Gasteiger partial charge in [0.2, 0.25) is 0 Å². The van der Waals surface area contributed by atoms with Crippen LogP contribution in [0.5, 0.6) is 11.5 Å². The number of methoxy groups -OCH3 is 2. The summed E-state index contributed by atoms with van der Waals surface area (Å²) in [7, 11) is 3.17. The first-order valence-electron chi connectivity index (χ1n) is 7.21. The quantitative estimate of drug-likeness (QED) is 0.741. The molecule has 0 heterocycles. The van der Waals surface area contributed by atoms with Crippen LogP contribution in [0.4, 0.5) is 0 Å². The van der Waals surface area contributed by atoms with Gasteiger partial charge in [0.05, 0.1) is 26.4 Å². The second-order valence-corrected chi connectivity index (χ2v) is 6.16.